The van der Waals surface area contributed by atoms with E-state index in [2.05, 4.69) is 5.32 Å². The lowest BCUT2D eigenvalue weighted by Crippen LogP contribution is -2.52. The molecule has 2 aromatic rings. The molecule has 8 nitrogen and oxygen atoms in total. The van der Waals surface area contributed by atoms with E-state index in [1.54, 1.807) is 30.5 Å². The highest BCUT2D eigenvalue weighted by Gasteiger charge is 2.48. The van der Waals surface area contributed by atoms with Crippen LogP contribution in [0.3, 0.4) is 0 Å². The topological polar surface area (TPSA) is 96.0 Å². The number of benzene rings is 2. The van der Waals surface area contributed by atoms with Crippen molar-refractivity contribution in [3.05, 3.63) is 48.5 Å². The largest absolute Gasteiger partial charge is 0.462 e. The Labute approximate surface area is 214 Å². The van der Waals surface area contributed by atoms with E-state index in [0.29, 0.717) is 12.8 Å². The SMILES string of the molecule is CC(C)(COC(=O)CN1C(=O)[C@H]2CCCC[C@@H]2C1=O)NC(=O)N1c2ccccc2Sc2ccccc21. The number of esters is 1. The van der Waals surface area contributed by atoms with E-state index in [1.165, 1.54) is 0 Å². The minimum Gasteiger partial charge on any atom is -0.462 e. The Kier molecular flexibility index (Phi) is 6.51. The zero-order valence-electron chi connectivity index (χ0n) is 20.4. The summed E-state index contributed by atoms with van der Waals surface area (Å²) < 4.78 is 5.42. The van der Waals surface area contributed by atoms with Crippen LogP contribution >= 0.6 is 11.8 Å². The van der Waals surface area contributed by atoms with Crippen LogP contribution in [-0.2, 0) is 19.1 Å². The van der Waals surface area contributed by atoms with Gasteiger partial charge >= 0.3 is 12.0 Å². The van der Waals surface area contributed by atoms with Crippen LogP contribution in [0.2, 0.25) is 0 Å². The number of hydrogen-bond donors (Lipinski definition) is 1. The second-order valence-corrected chi connectivity index (χ2v) is 11.2. The number of amides is 4. The van der Waals surface area contributed by atoms with E-state index in [1.807, 2.05) is 48.5 Å². The molecule has 4 amide bonds. The van der Waals surface area contributed by atoms with E-state index in [-0.39, 0.29) is 36.3 Å². The third-order valence-corrected chi connectivity index (χ3v) is 8.02. The molecule has 1 saturated carbocycles. The third-order valence-electron chi connectivity index (χ3n) is 6.89. The molecular formula is C27H29N3O5S. The fraction of sp³-hybridized carbons (Fsp3) is 0.407. The molecule has 0 spiro atoms. The van der Waals surface area contributed by atoms with Gasteiger partial charge in [-0.15, -0.1) is 0 Å². The molecule has 0 aromatic heterocycles. The van der Waals surface area contributed by atoms with E-state index in [4.69, 9.17) is 4.74 Å². The van der Waals surface area contributed by atoms with Crippen molar-refractivity contribution in [3.63, 3.8) is 0 Å². The average Bonchev–Trinajstić information content (AvgIpc) is 3.10. The van der Waals surface area contributed by atoms with E-state index < -0.39 is 18.1 Å². The van der Waals surface area contributed by atoms with Crippen LogP contribution in [-0.4, -0.2) is 47.4 Å². The van der Waals surface area contributed by atoms with Crippen molar-refractivity contribution < 1.29 is 23.9 Å². The van der Waals surface area contributed by atoms with Gasteiger partial charge in [0, 0.05) is 9.79 Å². The van der Waals surface area contributed by atoms with Crippen molar-refractivity contribution >= 4 is 47.0 Å². The Morgan fingerprint density at radius 2 is 1.47 bits per heavy atom. The molecule has 2 fully saturated rings. The van der Waals surface area contributed by atoms with Crippen molar-refractivity contribution in [1.82, 2.24) is 10.2 Å². The molecule has 5 rings (SSSR count). The van der Waals surface area contributed by atoms with Gasteiger partial charge in [0.1, 0.15) is 13.2 Å². The molecule has 1 saturated heterocycles. The molecule has 0 radical (unpaired) electrons. The molecule has 1 aliphatic carbocycles. The molecule has 36 heavy (non-hydrogen) atoms. The minimum atomic E-state index is -0.895. The standard InChI is InChI=1S/C27H29N3O5S/c1-27(2,16-35-23(31)15-29-24(32)17-9-3-4-10-18(17)25(29)33)28-26(34)30-19-11-5-7-13-21(19)36-22-14-8-6-12-20(22)30/h5-8,11-14,17-18H,3-4,9-10,15-16H2,1-2H3,(H,28,34)/t17-,18-/m0/s1. The lowest BCUT2D eigenvalue weighted by Gasteiger charge is -2.34. The van der Waals surface area contributed by atoms with Crippen LogP contribution in [0.1, 0.15) is 39.5 Å². The summed E-state index contributed by atoms with van der Waals surface area (Å²) in [5.74, 6) is -1.81. The summed E-state index contributed by atoms with van der Waals surface area (Å²) in [7, 11) is 0. The zero-order chi connectivity index (χ0) is 25.4. The first kappa shape index (κ1) is 24.4. The maximum Gasteiger partial charge on any atom is 0.327 e. The van der Waals surface area contributed by atoms with E-state index in [0.717, 1.165) is 38.9 Å². The molecular weight excluding hydrogens is 478 g/mol. The van der Waals surface area contributed by atoms with Crippen molar-refractivity contribution in [3.8, 4) is 0 Å². The number of nitrogens with one attached hydrogen (secondary N) is 1. The number of para-hydroxylation sites is 2. The number of carbonyl (C=O) groups excluding carboxylic acids is 4. The van der Waals surface area contributed by atoms with Crippen molar-refractivity contribution in [2.24, 2.45) is 11.8 Å². The second kappa shape index (κ2) is 9.61. The van der Waals surface area contributed by atoms with Gasteiger partial charge in [-0.05, 0) is 51.0 Å². The molecule has 9 heteroatoms. The summed E-state index contributed by atoms with van der Waals surface area (Å²) in [4.78, 5) is 55.9. The number of rotatable bonds is 5. The van der Waals surface area contributed by atoms with Gasteiger partial charge in [0.05, 0.1) is 28.7 Å². The van der Waals surface area contributed by atoms with Gasteiger partial charge < -0.3 is 10.1 Å². The van der Waals surface area contributed by atoms with Gasteiger partial charge in [-0.1, -0.05) is 48.9 Å². The molecule has 2 aromatic carbocycles. The first-order valence-corrected chi connectivity index (χ1v) is 13.1. The van der Waals surface area contributed by atoms with Gasteiger partial charge in [0.25, 0.3) is 0 Å². The summed E-state index contributed by atoms with van der Waals surface area (Å²) in [6, 6.07) is 15.0. The van der Waals surface area contributed by atoms with E-state index >= 15 is 0 Å². The summed E-state index contributed by atoms with van der Waals surface area (Å²) in [6.07, 6.45) is 3.25. The Morgan fingerprint density at radius 3 is 2.03 bits per heavy atom. The maximum atomic E-state index is 13.5. The first-order chi connectivity index (χ1) is 17.2. The van der Waals surface area contributed by atoms with Crippen molar-refractivity contribution in [2.45, 2.75) is 54.9 Å². The number of likely N-dealkylation sites (tertiary alicyclic amines) is 1. The van der Waals surface area contributed by atoms with Crippen LogP contribution in [0.5, 0.6) is 0 Å². The molecule has 0 bridgehead atoms. The summed E-state index contributed by atoms with van der Waals surface area (Å²) in [5.41, 5.74) is 0.659. The Bertz CT molecular complexity index is 1160. The second-order valence-electron chi connectivity index (χ2n) is 10.1. The average molecular weight is 508 g/mol. The molecule has 2 heterocycles. The predicted octanol–water partition coefficient (Wildman–Crippen LogP) is 4.50. The maximum absolute atomic E-state index is 13.5. The normalized spacial score (nSPS) is 20.9. The van der Waals surface area contributed by atoms with Crippen molar-refractivity contribution in [1.29, 1.82) is 0 Å². The fourth-order valence-electron chi connectivity index (χ4n) is 5.13. The zero-order valence-corrected chi connectivity index (χ0v) is 21.2. The highest BCUT2D eigenvalue weighted by atomic mass is 32.2. The summed E-state index contributed by atoms with van der Waals surface area (Å²) >= 11 is 1.61. The number of anilines is 2. The quantitative estimate of drug-likeness (QED) is 0.473. The van der Waals surface area contributed by atoms with Gasteiger partial charge in [-0.3, -0.25) is 24.2 Å². The monoisotopic (exact) mass is 507 g/mol. The van der Waals surface area contributed by atoms with Crippen LogP contribution in [0.4, 0.5) is 16.2 Å². The Morgan fingerprint density at radius 1 is 0.944 bits per heavy atom. The third kappa shape index (κ3) is 4.59. The highest BCUT2D eigenvalue weighted by molar-refractivity contribution is 7.99. The van der Waals surface area contributed by atoms with Gasteiger partial charge in [0.2, 0.25) is 11.8 Å². The van der Waals surface area contributed by atoms with Crippen molar-refractivity contribution in [2.75, 3.05) is 18.1 Å². The number of urea groups is 1. The number of imide groups is 1. The van der Waals surface area contributed by atoms with Crippen LogP contribution in [0.15, 0.2) is 58.3 Å². The Balaban J connectivity index is 1.23. The number of carbonyl (C=O) groups is 4. The predicted molar refractivity (Wildman–Crippen MR) is 135 cm³/mol. The number of ether oxygens (including phenoxy) is 1. The van der Waals surface area contributed by atoms with Crippen LogP contribution in [0, 0.1) is 11.8 Å². The van der Waals surface area contributed by atoms with E-state index in [9.17, 15) is 19.2 Å². The summed E-state index contributed by atoms with van der Waals surface area (Å²) in [5, 5.41) is 2.97. The van der Waals surface area contributed by atoms with Gasteiger partial charge in [0.15, 0.2) is 0 Å². The lowest BCUT2D eigenvalue weighted by molar-refractivity contribution is -0.154. The molecule has 2 atom stereocenters. The highest BCUT2D eigenvalue weighted by Crippen LogP contribution is 2.48. The first-order valence-electron chi connectivity index (χ1n) is 12.2. The van der Waals surface area contributed by atoms with Gasteiger partial charge in [-0.25, -0.2) is 4.79 Å². The molecule has 0 unspecified atom stereocenters. The summed E-state index contributed by atoms with van der Waals surface area (Å²) in [6.45, 7) is 3.02. The van der Waals surface area contributed by atoms with Gasteiger partial charge in [-0.2, -0.15) is 0 Å². The molecule has 1 N–H and O–H groups in total. The number of hydrogen-bond acceptors (Lipinski definition) is 6. The Hall–Kier alpha value is -3.33. The number of fused-ring (bicyclic) bond motifs is 3. The lowest BCUT2D eigenvalue weighted by atomic mass is 9.81. The number of nitrogens with zero attached hydrogens (tertiary/aromatic N) is 2. The molecule has 2 aliphatic heterocycles. The minimum absolute atomic E-state index is 0.105. The smallest absolute Gasteiger partial charge is 0.327 e. The fourth-order valence-corrected chi connectivity index (χ4v) is 6.19. The van der Waals surface area contributed by atoms with Crippen LogP contribution < -0.4 is 10.2 Å². The molecule has 3 aliphatic rings. The van der Waals surface area contributed by atoms with Crippen LogP contribution in [0.25, 0.3) is 0 Å². The molecule has 188 valence electrons.